The van der Waals surface area contributed by atoms with Gasteiger partial charge >= 0.3 is 11.9 Å². The molecule has 1 heterocycles. The molecular formula is C23H30N2O8S2. The van der Waals surface area contributed by atoms with E-state index >= 15 is 0 Å². The molecule has 192 valence electrons. The highest BCUT2D eigenvalue weighted by atomic mass is 32.2. The van der Waals surface area contributed by atoms with Crippen LogP contribution in [0.2, 0.25) is 0 Å². The maximum absolute atomic E-state index is 12.9. The zero-order valence-electron chi connectivity index (χ0n) is 20.4. The summed E-state index contributed by atoms with van der Waals surface area (Å²) >= 11 is 0.896. The molecule has 2 rings (SSSR count). The SMILES string of the molecule is CCOC(=O)c1c(NC(=O)c2ccc(S(=O)(=O)N(CC)CC)cc2)sc(C(=O)OCCOC)c1C. The molecule has 1 aromatic carbocycles. The van der Waals surface area contributed by atoms with Gasteiger partial charge in [0.25, 0.3) is 5.91 Å². The fourth-order valence-electron chi connectivity index (χ4n) is 3.19. The number of sulfonamides is 1. The van der Waals surface area contributed by atoms with Crippen LogP contribution < -0.4 is 5.32 Å². The van der Waals surface area contributed by atoms with Crippen molar-refractivity contribution in [2.75, 3.05) is 45.3 Å². The smallest absolute Gasteiger partial charge is 0.348 e. The van der Waals surface area contributed by atoms with E-state index in [0.717, 1.165) is 11.3 Å². The summed E-state index contributed by atoms with van der Waals surface area (Å²) in [5, 5.41) is 2.77. The predicted octanol–water partition coefficient (Wildman–Crippen LogP) is 3.32. The number of amides is 1. The first kappa shape index (κ1) is 28.4. The lowest BCUT2D eigenvalue weighted by atomic mass is 10.1. The Morgan fingerprint density at radius 3 is 2.14 bits per heavy atom. The van der Waals surface area contributed by atoms with Gasteiger partial charge in [-0.3, -0.25) is 4.79 Å². The second-order valence-corrected chi connectivity index (χ2v) is 10.1. The lowest BCUT2D eigenvalue weighted by molar-refractivity contribution is 0.0392. The minimum Gasteiger partial charge on any atom is -0.462 e. The summed E-state index contributed by atoms with van der Waals surface area (Å²) in [6.07, 6.45) is 0. The monoisotopic (exact) mass is 526 g/mol. The van der Waals surface area contributed by atoms with E-state index in [1.54, 1.807) is 27.7 Å². The van der Waals surface area contributed by atoms with Crippen molar-refractivity contribution in [2.24, 2.45) is 0 Å². The van der Waals surface area contributed by atoms with E-state index in [2.05, 4.69) is 5.32 Å². The summed E-state index contributed by atoms with van der Waals surface area (Å²) in [6, 6.07) is 5.48. The molecule has 0 spiro atoms. The van der Waals surface area contributed by atoms with E-state index in [-0.39, 0.29) is 45.7 Å². The van der Waals surface area contributed by atoms with Gasteiger partial charge in [0.2, 0.25) is 10.0 Å². The Bertz CT molecular complexity index is 1150. The second-order valence-electron chi connectivity index (χ2n) is 7.18. The molecule has 1 N–H and O–H groups in total. The molecule has 2 aromatic rings. The fourth-order valence-corrected chi connectivity index (χ4v) is 5.74. The van der Waals surface area contributed by atoms with Crippen molar-refractivity contribution in [1.82, 2.24) is 4.31 Å². The standard InChI is InChI=1S/C23H30N2O8S2/c1-6-25(7-2)35(29,30)17-11-9-16(10-12-17)20(26)24-21-18(22(27)32-8-3)15(4)19(34-21)23(28)33-14-13-31-5/h9-12H,6-8,13-14H2,1-5H3,(H,24,26). The Balaban J connectivity index is 2.34. The van der Waals surface area contributed by atoms with E-state index < -0.39 is 27.9 Å². The van der Waals surface area contributed by atoms with E-state index in [0.29, 0.717) is 18.7 Å². The number of esters is 2. The molecule has 0 aliphatic heterocycles. The first-order valence-corrected chi connectivity index (χ1v) is 13.3. The number of hydrogen-bond donors (Lipinski definition) is 1. The molecule has 0 radical (unpaired) electrons. The molecule has 0 saturated heterocycles. The number of rotatable bonds is 12. The number of nitrogens with zero attached hydrogens (tertiary/aromatic N) is 1. The zero-order chi connectivity index (χ0) is 26.2. The number of carbonyl (C=O) groups excluding carboxylic acids is 3. The van der Waals surface area contributed by atoms with E-state index in [1.807, 2.05) is 0 Å². The number of benzene rings is 1. The van der Waals surface area contributed by atoms with Crippen molar-refractivity contribution in [2.45, 2.75) is 32.6 Å². The summed E-state index contributed by atoms with van der Waals surface area (Å²) in [6.45, 7) is 7.71. The lowest BCUT2D eigenvalue weighted by Gasteiger charge is -2.18. The molecule has 0 aliphatic rings. The molecule has 0 atom stereocenters. The highest BCUT2D eigenvalue weighted by Gasteiger charge is 2.28. The summed E-state index contributed by atoms with van der Waals surface area (Å²) in [5.41, 5.74) is 0.560. The van der Waals surface area contributed by atoms with Gasteiger partial charge < -0.3 is 19.5 Å². The number of anilines is 1. The van der Waals surface area contributed by atoms with Crippen LogP contribution in [0.4, 0.5) is 5.00 Å². The summed E-state index contributed by atoms with van der Waals surface area (Å²) in [7, 11) is -2.19. The fraction of sp³-hybridized carbons (Fsp3) is 0.435. The molecule has 1 amide bonds. The summed E-state index contributed by atoms with van der Waals surface area (Å²) in [4.78, 5) is 38.2. The Kier molecular flexibility index (Phi) is 10.4. The molecule has 0 fully saturated rings. The molecule has 0 bridgehead atoms. The Morgan fingerprint density at radius 1 is 0.971 bits per heavy atom. The van der Waals surface area contributed by atoms with Crippen molar-refractivity contribution in [3.8, 4) is 0 Å². The van der Waals surface area contributed by atoms with Gasteiger partial charge in [0, 0.05) is 25.8 Å². The van der Waals surface area contributed by atoms with Crippen molar-refractivity contribution < 1.29 is 37.0 Å². The van der Waals surface area contributed by atoms with Crippen LogP contribution in [0, 0.1) is 6.92 Å². The average molecular weight is 527 g/mol. The van der Waals surface area contributed by atoms with Crippen LogP contribution >= 0.6 is 11.3 Å². The Morgan fingerprint density at radius 2 is 1.60 bits per heavy atom. The molecular weight excluding hydrogens is 496 g/mol. The molecule has 1 aromatic heterocycles. The van der Waals surface area contributed by atoms with Crippen LogP contribution in [0.1, 0.15) is 56.7 Å². The zero-order valence-corrected chi connectivity index (χ0v) is 22.0. The normalized spacial score (nSPS) is 11.4. The maximum Gasteiger partial charge on any atom is 0.348 e. The van der Waals surface area contributed by atoms with Crippen molar-refractivity contribution in [3.63, 3.8) is 0 Å². The number of thiophene rings is 1. The second kappa shape index (κ2) is 12.8. The van der Waals surface area contributed by atoms with Crippen molar-refractivity contribution >= 4 is 44.2 Å². The van der Waals surface area contributed by atoms with Crippen LogP contribution in [-0.4, -0.2) is 70.6 Å². The highest BCUT2D eigenvalue weighted by Crippen LogP contribution is 2.34. The molecule has 12 heteroatoms. The van der Waals surface area contributed by atoms with Crippen LogP contribution in [0.15, 0.2) is 29.2 Å². The van der Waals surface area contributed by atoms with Crippen LogP contribution in [0.3, 0.4) is 0 Å². The first-order chi connectivity index (χ1) is 16.6. The third-order valence-electron chi connectivity index (χ3n) is 5.02. The minimum atomic E-state index is -3.67. The Hall–Kier alpha value is -2.80. The van der Waals surface area contributed by atoms with Gasteiger partial charge in [0.05, 0.1) is 23.7 Å². The van der Waals surface area contributed by atoms with Gasteiger partial charge in [-0.2, -0.15) is 4.31 Å². The van der Waals surface area contributed by atoms with Gasteiger partial charge in [-0.15, -0.1) is 11.3 Å². The van der Waals surface area contributed by atoms with Gasteiger partial charge in [-0.1, -0.05) is 13.8 Å². The van der Waals surface area contributed by atoms with Gasteiger partial charge in [-0.05, 0) is 43.7 Å². The van der Waals surface area contributed by atoms with Crippen LogP contribution in [0.5, 0.6) is 0 Å². The number of ether oxygens (including phenoxy) is 3. The van der Waals surface area contributed by atoms with Crippen molar-refractivity contribution in [1.29, 1.82) is 0 Å². The largest absolute Gasteiger partial charge is 0.462 e. The highest BCUT2D eigenvalue weighted by molar-refractivity contribution is 7.89. The summed E-state index contributed by atoms with van der Waals surface area (Å²) in [5.74, 6) is -1.92. The number of carbonyl (C=O) groups is 3. The predicted molar refractivity (Wildman–Crippen MR) is 132 cm³/mol. The van der Waals surface area contributed by atoms with E-state index in [1.165, 1.54) is 35.7 Å². The Labute approximate surface area is 209 Å². The van der Waals surface area contributed by atoms with Gasteiger partial charge in [0.15, 0.2) is 0 Å². The topological polar surface area (TPSA) is 128 Å². The third kappa shape index (κ3) is 6.66. The number of hydrogen-bond acceptors (Lipinski definition) is 9. The molecule has 0 unspecified atom stereocenters. The van der Waals surface area contributed by atoms with E-state index in [9.17, 15) is 22.8 Å². The lowest BCUT2D eigenvalue weighted by Crippen LogP contribution is -2.30. The molecule has 35 heavy (non-hydrogen) atoms. The first-order valence-electron chi connectivity index (χ1n) is 11.0. The molecule has 0 aliphatic carbocycles. The quantitative estimate of drug-likeness (QED) is 0.329. The van der Waals surface area contributed by atoms with Gasteiger partial charge in [-0.25, -0.2) is 18.0 Å². The maximum atomic E-state index is 12.9. The molecule has 10 nitrogen and oxygen atoms in total. The van der Waals surface area contributed by atoms with Crippen LogP contribution in [-0.2, 0) is 24.2 Å². The van der Waals surface area contributed by atoms with Gasteiger partial charge in [0.1, 0.15) is 16.5 Å². The number of nitrogens with one attached hydrogen (secondary N) is 1. The third-order valence-corrected chi connectivity index (χ3v) is 8.27. The van der Waals surface area contributed by atoms with Crippen molar-refractivity contribution in [3.05, 3.63) is 45.8 Å². The number of methoxy groups -OCH3 is 1. The average Bonchev–Trinajstić information content (AvgIpc) is 3.15. The minimum absolute atomic E-state index is 0.0336. The molecule has 0 saturated carbocycles. The van der Waals surface area contributed by atoms with E-state index in [4.69, 9.17) is 14.2 Å². The van der Waals surface area contributed by atoms with Crippen LogP contribution in [0.25, 0.3) is 0 Å². The summed E-state index contributed by atoms with van der Waals surface area (Å²) < 4.78 is 41.8.